The van der Waals surface area contributed by atoms with Crippen molar-refractivity contribution in [2.24, 2.45) is 0 Å². The molecule has 27 heavy (non-hydrogen) atoms. The van der Waals surface area contributed by atoms with Crippen molar-refractivity contribution in [3.63, 3.8) is 0 Å². The Labute approximate surface area is 158 Å². The molecular weight excluding hydrogens is 346 g/mol. The highest BCUT2D eigenvalue weighted by Gasteiger charge is 2.27. The first-order chi connectivity index (χ1) is 13.2. The van der Waals surface area contributed by atoms with Crippen LogP contribution in [0.15, 0.2) is 12.1 Å². The van der Waals surface area contributed by atoms with Gasteiger partial charge in [-0.1, -0.05) is 0 Å². The molecule has 8 nitrogen and oxygen atoms in total. The quantitative estimate of drug-likeness (QED) is 0.700. The van der Waals surface area contributed by atoms with Gasteiger partial charge in [0.25, 0.3) is 0 Å². The number of anilines is 2. The summed E-state index contributed by atoms with van der Waals surface area (Å²) < 4.78 is 10.9. The fraction of sp³-hybridized carbons (Fsp3) is 0.579. The smallest absolute Gasteiger partial charge is 0.228 e. The Kier molecular flexibility index (Phi) is 5.18. The number of aromatic nitrogens is 2. The van der Waals surface area contributed by atoms with Crippen molar-refractivity contribution in [1.82, 2.24) is 15.3 Å². The predicted octanol–water partition coefficient (Wildman–Crippen LogP) is 1.38. The second-order valence-corrected chi connectivity index (χ2v) is 7.10. The van der Waals surface area contributed by atoms with Crippen molar-refractivity contribution in [2.45, 2.75) is 31.3 Å². The minimum atomic E-state index is 0.0728. The largest absolute Gasteiger partial charge is 0.493 e. The van der Waals surface area contributed by atoms with Crippen LogP contribution in [0.3, 0.4) is 0 Å². The highest BCUT2D eigenvalue weighted by atomic mass is 16.5. The van der Waals surface area contributed by atoms with E-state index in [2.05, 4.69) is 15.5 Å². The third kappa shape index (κ3) is 3.46. The van der Waals surface area contributed by atoms with Gasteiger partial charge in [0.2, 0.25) is 5.95 Å². The Morgan fingerprint density at radius 3 is 2.74 bits per heavy atom. The Balaban J connectivity index is 1.81. The molecule has 0 aliphatic carbocycles. The van der Waals surface area contributed by atoms with Gasteiger partial charge in [0.05, 0.1) is 32.4 Å². The molecule has 3 heterocycles. The number of hydrogen-bond donors (Lipinski definition) is 3. The van der Waals surface area contributed by atoms with Crippen LogP contribution in [0.1, 0.15) is 19.3 Å². The molecule has 0 amide bonds. The number of ether oxygens (including phenoxy) is 2. The summed E-state index contributed by atoms with van der Waals surface area (Å²) in [6.07, 6.45) is 3.05. The van der Waals surface area contributed by atoms with Crippen molar-refractivity contribution >= 4 is 22.7 Å². The second-order valence-electron chi connectivity index (χ2n) is 7.10. The topological polar surface area (TPSA) is 91.8 Å². The molecule has 4 rings (SSSR count). The van der Waals surface area contributed by atoms with E-state index in [4.69, 9.17) is 19.4 Å². The van der Waals surface area contributed by atoms with Gasteiger partial charge in [-0.15, -0.1) is 0 Å². The lowest BCUT2D eigenvalue weighted by molar-refractivity contribution is 0.265. The molecule has 8 heteroatoms. The third-order valence-electron chi connectivity index (χ3n) is 5.44. The first kappa shape index (κ1) is 18.1. The van der Waals surface area contributed by atoms with Gasteiger partial charge < -0.3 is 30.1 Å². The average molecular weight is 373 g/mol. The average Bonchev–Trinajstić information content (AvgIpc) is 3.38. The van der Waals surface area contributed by atoms with Gasteiger partial charge in [0.15, 0.2) is 11.5 Å². The van der Waals surface area contributed by atoms with Gasteiger partial charge in [0, 0.05) is 30.6 Å². The zero-order chi connectivity index (χ0) is 18.8. The minimum Gasteiger partial charge on any atom is -0.493 e. The van der Waals surface area contributed by atoms with Gasteiger partial charge in [-0.3, -0.25) is 0 Å². The number of benzene rings is 1. The Bertz CT molecular complexity index is 810. The molecule has 0 spiro atoms. The van der Waals surface area contributed by atoms with E-state index in [1.165, 1.54) is 0 Å². The highest BCUT2D eigenvalue weighted by Crippen LogP contribution is 2.36. The van der Waals surface area contributed by atoms with Crippen LogP contribution in [0.2, 0.25) is 0 Å². The maximum atomic E-state index is 9.70. The molecule has 2 aliphatic rings. The summed E-state index contributed by atoms with van der Waals surface area (Å²) in [5.41, 5.74) is 0.801. The fourth-order valence-electron chi connectivity index (χ4n) is 3.94. The molecule has 0 radical (unpaired) electrons. The number of nitrogens with one attached hydrogen (secondary N) is 2. The zero-order valence-corrected chi connectivity index (χ0v) is 15.9. The lowest BCUT2D eigenvalue weighted by Crippen LogP contribution is -2.34. The van der Waals surface area contributed by atoms with E-state index < -0.39 is 0 Å². The van der Waals surface area contributed by atoms with Crippen LogP contribution in [0.25, 0.3) is 10.9 Å². The molecule has 2 aliphatic heterocycles. The van der Waals surface area contributed by atoms with Crippen molar-refractivity contribution < 1.29 is 14.6 Å². The number of fused-ring (bicyclic) bond motifs is 1. The van der Waals surface area contributed by atoms with Crippen molar-refractivity contribution in [2.75, 3.05) is 50.7 Å². The van der Waals surface area contributed by atoms with Crippen LogP contribution in [0.5, 0.6) is 11.5 Å². The van der Waals surface area contributed by atoms with Crippen LogP contribution in [-0.4, -0.2) is 67.6 Å². The molecule has 1 aromatic carbocycles. The van der Waals surface area contributed by atoms with E-state index >= 15 is 0 Å². The van der Waals surface area contributed by atoms with Crippen LogP contribution < -0.4 is 25.0 Å². The number of aliphatic hydroxyl groups excluding tert-OH is 1. The lowest BCUT2D eigenvalue weighted by Gasteiger charge is -2.25. The summed E-state index contributed by atoms with van der Waals surface area (Å²) in [5, 5.41) is 17.6. The summed E-state index contributed by atoms with van der Waals surface area (Å²) in [4.78, 5) is 11.7. The molecule has 2 aromatic rings. The molecule has 3 N–H and O–H groups in total. The van der Waals surface area contributed by atoms with Gasteiger partial charge in [0.1, 0.15) is 5.82 Å². The zero-order valence-electron chi connectivity index (χ0n) is 15.9. The number of methoxy groups -OCH3 is 2. The fourth-order valence-corrected chi connectivity index (χ4v) is 3.94. The summed E-state index contributed by atoms with van der Waals surface area (Å²) in [6, 6.07) is 4.22. The SMILES string of the molecule is COc1cc2nc(N3CCCC3CO)nc(N[C@H]3CCNC3)c2cc1OC. The van der Waals surface area contributed by atoms with E-state index in [-0.39, 0.29) is 12.6 Å². The molecule has 2 fully saturated rings. The molecule has 0 saturated carbocycles. The Hall–Kier alpha value is -2.32. The standard InChI is InChI=1S/C19H27N5O3/c1-26-16-8-14-15(9-17(16)27-2)22-19(24-7-3-4-13(24)11-25)23-18(14)21-12-5-6-20-10-12/h8-9,12-13,20,25H,3-7,10-11H2,1-2H3,(H,21,22,23)/t12-,13?/m0/s1. The minimum absolute atomic E-state index is 0.0728. The Morgan fingerprint density at radius 2 is 2.04 bits per heavy atom. The maximum Gasteiger partial charge on any atom is 0.228 e. The third-order valence-corrected chi connectivity index (χ3v) is 5.44. The van der Waals surface area contributed by atoms with Gasteiger partial charge in [-0.2, -0.15) is 4.98 Å². The Morgan fingerprint density at radius 1 is 1.22 bits per heavy atom. The lowest BCUT2D eigenvalue weighted by atomic mass is 10.2. The molecule has 1 unspecified atom stereocenters. The normalized spacial score (nSPS) is 22.4. The number of rotatable bonds is 6. The van der Waals surface area contributed by atoms with Crippen LogP contribution in [-0.2, 0) is 0 Å². The molecule has 2 saturated heterocycles. The first-order valence-corrected chi connectivity index (χ1v) is 9.52. The molecule has 146 valence electrons. The summed E-state index contributed by atoms with van der Waals surface area (Å²) in [7, 11) is 3.25. The number of nitrogens with zero attached hydrogens (tertiary/aromatic N) is 3. The molecule has 1 aromatic heterocycles. The molecular formula is C19H27N5O3. The van der Waals surface area contributed by atoms with Gasteiger partial charge in [-0.25, -0.2) is 4.98 Å². The highest BCUT2D eigenvalue weighted by molar-refractivity contribution is 5.93. The van der Waals surface area contributed by atoms with E-state index in [9.17, 15) is 5.11 Å². The van der Waals surface area contributed by atoms with Crippen molar-refractivity contribution in [3.05, 3.63) is 12.1 Å². The van der Waals surface area contributed by atoms with Gasteiger partial charge in [-0.05, 0) is 31.9 Å². The van der Waals surface area contributed by atoms with Crippen LogP contribution in [0.4, 0.5) is 11.8 Å². The summed E-state index contributed by atoms with van der Waals surface area (Å²) in [5.74, 6) is 2.75. The predicted molar refractivity (Wildman–Crippen MR) is 105 cm³/mol. The summed E-state index contributed by atoms with van der Waals surface area (Å²) in [6.45, 7) is 2.89. The molecule has 0 bridgehead atoms. The van der Waals surface area contributed by atoms with Gasteiger partial charge >= 0.3 is 0 Å². The number of aliphatic hydroxyl groups is 1. The second kappa shape index (κ2) is 7.74. The maximum absolute atomic E-state index is 9.70. The monoisotopic (exact) mass is 373 g/mol. The summed E-state index contributed by atoms with van der Waals surface area (Å²) >= 11 is 0. The first-order valence-electron chi connectivity index (χ1n) is 9.52. The molecule has 2 atom stereocenters. The van der Waals surface area contributed by atoms with E-state index in [0.29, 0.717) is 23.5 Å². The van der Waals surface area contributed by atoms with Crippen molar-refractivity contribution in [1.29, 1.82) is 0 Å². The van der Waals surface area contributed by atoms with E-state index in [0.717, 1.165) is 55.6 Å². The van der Waals surface area contributed by atoms with Crippen LogP contribution >= 0.6 is 0 Å². The van der Waals surface area contributed by atoms with E-state index in [1.807, 2.05) is 12.1 Å². The van der Waals surface area contributed by atoms with Crippen LogP contribution in [0, 0.1) is 0 Å². The van der Waals surface area contributed by atoms with Crippen molar-refractivity contribution in [3.8, 4) is 11.5 Å². The number of hydrogen-bond acceptors (Lipinski definition) is 8. The van der Waals surface area contributed by atoms with E-state index in [1.54, 1.807) is 14.2 Å².